The van der Waals surface area contributed by atoms with Crippen LogP contribution in [0.15, 0.2) is 18.2 Å². The number of benzene rings is 1. The number of hydrogen-bond donors (Lipinski definition) is 1. The minimum Gasteiger partial charge on any atom is -0.478 e. The van der Waals surface area contributed by atoms with Gasteiger partial charge in [-0.05, 0) is 18.1 Å². The summed E-state index contributed by atoms with van der Waals surface area (Å²) in [6, 6.07) is 5.27. The van der Waals surface area contributed by atoms with Crippen molar-refractivity contribution in [1.82, 2.24) is 9.55 Å². The number of aromatic nitrogens is 2. The molecule has 1 aromatic carbocycles. The van der Waals surface area contributed by atoms with E-state index in [9.17, 15) is 9.90 Å². The first-order valence-electron chi connectivity index (χ1n) is 7.33. The Hall–Kier alpha value is -1.88. The van der Waals surface area contributed by atoms with Crippen LogP contribution in [0.25, 0.3) is 11.0 Å². The summed E-state index contributed by atoms with van der Waals surface area (Å²) in [4.78, 5) is 15.8. The Labute approximate surface area is 124 Å². The molecule has 0 aliphatic heterocycles. The number of carboxylic acid groups (broad SMARTS) is 1. The van der Waals surface area contributed by atoms with Crippen LogP contribution >= 0.6 is 0 Å². The molecule has 0 amide bonds. The number of para-hydroxylation sites is 1. The lowest BCUT2D eigenvalue weighted by Crippen LogP contribution is -2.11. The fourth-order valence-electron chi connectivity index (χ4n) is 2.36. The van der Waals surface area contributed by atoms with E-state index in [1.165, 1.54) is 0 Å². The van der Waals surface area contributed by atoms with Crippen molar-refractivity contribution >= 4 is 17.0 Å². The molecule has 0 bridgehead atoms. The van der Waals surface area contributed by atoms with Crippen molar-refractivity contribution in [2.75, 3.05) is 13.2 Å². The smallest absolute Gasteiger partial charge is 0.337 e. The number of rotatable bonds is 7. The van der Waals surface area contributed by atoms with Crippen molar-refractivity contribution in [2.24, 2.45) is 5.92 Å². The summed E-state index contributed by atoms with van der Waals surface area (Å²) < 4.78 is 7.69. The molecule has 1 heterocycles. The number of fused-ring (bicyclic) bond motifs is 1. The van der Waals surface area contributed by atoms with E-state index in [2.05, 4.69) is 23.4 Å². The van der Waals surface area contributed by atoms with E-state index in [1.54, 1.807) is 12.1 Å². The van der Waals surface area contributed by atoms with Gasteiger partial charge in [-0.15, -0.1) is 0 Å². The monoisotopic (exact) mass is 290 g/mol. The highest BCUT2D eigenvalue weighted by atomic mass is 16.5. The number of imidazole rings is 1. The van der Waals surface area contributed by atoms with Gasteiger partial charge in [0.1, 0.15) is 11.3 Å². The molecule has 0 unspecified atom stereocenters. The summed E-state index contributed by atoms with van der Waals surface area (Å²) in [5.41, 5.74) is 1.68. The Bertz CT molecular complexity index is 632. The zero-order chi connectivity index (χ0) is 15.4. The largest absolute Gasteiger partial charge is 0.478 e. The molecule has 0 saturated carbocycles. The van der Waals surface area contributed by atoms with Gasteiger partial charge in [0.15, 0.2) is 0 Å². The molecular weight excluding hydrogens is 268 g/mol. The van der Waals surface area contributed by atoms with Gasteiger partial charge in [0, 0.05) is 19.6 Å². The lowest BCUT2D eigenvalue weighted by Gasteiger charge is -2.10. The maximum absolute atomic E-state index is 11.3. The summed E-state index contributed by atoms with van der Waals surface area (Å²) in [5.74, 6) is 0.463. The molecule has 1 N–H and O–H groups in total. The molecule has 5 heteroatoms. The predicted molar refractivity (Wildman–Crippen MR) is 81.7 cm³/mol. The first-order chi connectivity index (χ1) is 10.0. The van der Waals surface area contributed by atoms with Gasteiger partial charge in [-0.25, -0.2) is 9.78 Å². The Morgan fingerprint density at radius 2 is 2.19 bits per heavy atom. The maximum Gasteiger partial charge on any atom is 0.337 e. The summed E-state index contributed by atoms with van der Waals surface area (Å²) in [7, 11) is 0. The lowest BCUT2D eigenvalue weighted by molar-refractivity contribution is 0.0699. The highest BCUT2D eigenvalue weighted by Gasteiger charge is 2.15. The molecule has 0 spiro atoms. The number of carbonyl (C=O) groups is 1. The molecule has 1 aromatic heterocycles. The van der Waals surface area contributed by atoms with Crippen LogP contribution in [0.5, 0.6) is 0 Å². The SMILES string of the molecule is CCc1nc2c(C(=O)O)cccc2n1CCOCC(C)C. The van der Waals surface area contributed by atoms with Crippen molar-refractivity contribution < 1.29 is 14.6 Å². The first kappa shape index (κ1) is 15.5. The van der Waals surface area contributed by atoms with Crippen molar-refractivity contribution in [1.29, 1.82) is 0 Å². The lowest BCUT2D eigenvalue weighted by atomic mass is 10.2. The third-order valence-corrected chi connectivity index (χ3v) is 3.32. The quantitative estimate of drug-likeness (QED) is 0.796. The molecule has 0 aliphatic carbocycles. The Kier molecular flexibility index (Phi) is 4.96. The number of aryl methyl sites for hydroxylation is 1. The van der Waals surface area contributed by atoms with Gasteiger partial charge in [-0.3, -0.25) is 0 Å². The molecular formula is C16H22N2O3. The summed E-state index contributed by atoms with van der Waals surface area (Å²) in [6.45, 7) is 8.28. The van der Waals surface area contributed by atoms with Crippen LogP contribution in [0.4, 0.5) is 0 Å². The molecule has 0 atom stereocenters. The van der Waals surface area contributed by atoms with Crippen molar-refractivity contribution in [3.05, 3.63) is 29.6 Å². The van der Waals surface area contributed by atoms with E-state index in [0.717, 1.165) is 24.4 Å². The van der Waals surface area contributed by atoms with Gasteiger partial charge in [0.05, 0.1) is 17.7 Å². The van der Waals surface area contributed by atoms with E-state index in [1.807, 2.05) is 13.0 Å². The van der Waals surface area contributed by atoms with Crippen molar-refractivity contribution in [2.45, 2.75) is 33.7 Å². The van der Waals surface area contributed by atoms with E-state index in [4.69, 9.17) is 4.74 Å². The van der Waals surface area contributed by atoms with Gasteiger partial charge >= 0.3 is 5.97 Å². The Morgan fingerprint density at radius 1 is 1.43 bits per heavy atom. The standard InChI is InChI=1S/C16H22N2O3/c1-4-14-17-15-12(16(19)20)6-5-7-13(15)18(14)8-9-21-10-11(2)3/h5-7,11H,4,8-10H2,1-3H3,(H,19,20). The van der Waals surface area contributed by atoms with Gasteiger partial charge in [0.2, 0.25) is 0 Å². The van der Waals surface area contributed by atoms with Crippen LogP contribution in [0, 0.1) is 5.92 Å². The topological polar surface area (TPSA) is 64.3 Å². The summed E-state index contributed by atoms with van der Waals surface area (Å²) >= 11 is 0. The molecule has 2 aromatic rings. The number of ether oxygens (including phenoxy) is 1. The predicted octanol–water partition coefficient (Wildman–Crippen LogP) is 2.97. The Morgan fingerprint density at radius 3 is 2.81 bits per heavy atom. The number of nitrogens with zero attached hydrogens (tertiary/aromatic N) is 2. The summed E-state index contributed by atoms with van der Waals surface area (Å²) in [6.07, 6.45) is 0.762. The molecule has 0 aliphatic rings. The minimum absolute atomic E-state index is 0.254. The van der Waals surface area contributed by atoms with E-state index in [0.29, 0.717) is 24.6 Å². The minimum atomic E-state index is -0.941. The highest BCUT2D eigenvalue weighted by Crippen LogP contribution is 2.20. The van der Waals surface area contributed by atoms with Crippen LogP contribution in [0.1, 0.15) is 37.0 Å². The third-order valence-electron chi connectivity index (χ3n) is 3.32. The highest BCUT2D eigenvalue weighted by molar-refractivity contribution is 6.01. The van der Waals surface area contributed by atoms with E-state index >= 15 is 0 Å². The average molecular weight is 290 g/mol. The van der Waals surface area contributed by atoms with Crippen LogP contribution < -0.4 is 0 Å². The van der Waals surface area contributed by atoms with Gasteiger partial charge in [-0.1, -0.05) is 26.8 Å². The number of aromatic carboxylic acids is 1. The molecule has 21 heavy (non-hydrogen) atoms. The van der Waals surface area contributed by atoms with Crippen molar-refractivity contribution in [3.8, 4) is 0 Å². The van der Waals surface area contributed by atoms with Gasteiger partial charge < -0.3 is 14.4 Å². The van der Waals surface area contributed by atoms with Gasteiger partial charge in [-0.2, -0.15) is 0 Å². The fourth-order valence-corrected chi connectivity index (χ4v) is 2.36. The van der Waals surface area contributed by atoms with Crippen molar-refractivity contribution in [3.63, 3.8) is 0 Å². The zero-order valence-electron chi connectivity index (χ0n) is 12.8. The van der Waals surface area contributed by atoms with E-state index in [-0.39, 0.29) is 5.56 Å². The molecule has 5 nitrogen and oxygen atoms in total. The second-order valence-corrected chi connectivity index (χ2v) is 5.48. The molecule has 2 rings (SSSR count). The number of hydrogen-bond acceptors (Lipinski definition) is 3. The van der Waals surface area contributed by atoms with Crippen LogP contribution in [-0.4, -0.2) is 33.8 Å². The third kappa shape index (κ3) is 3.42. The maximum atomic E-state index is 11.3. The second kappa shape index (κ2) is 6.72. The van der Waals surface area contributed by atoms with Crippen LogP contribution in [0.3, 0.4) is 0 Å². The average Bonchev–Trinajstić information content (AvgIpc) is 2.80. The molecule has 114 valence electrons. The van der Waals surface area contributed by atoms with E-state index < -0.39 is 5.97 Å². The normalized spacial score (nSPS) is 11.4. The summed E-state index contributed by atoms with van der Waals surface area (Å²) in [5, 5.41) is 9.26. The number of carboxylic acids is 1. The van der Waals surface area contributed by atoms with Crippen LogP contribution in [-0.2, 0) is 17.7 Å². The second-order valence-electron chi connectivity index (χ2n) is 5.48. The Balaban J connectivity index is 2.29. The van der Waals surface area contributed by atoms with Gasteiger partial charge in [0.25, 0.3) is 0 Å². The fraction of sp³-hybridized carbons (Fsp3) is 0.500. The molecule has 0 fully saturated rings. The molecule has 0 radical (unpaired) electrons. The first-order valence-corrected chi connectivity index (χ1v) is 7.33. The molecule has 0 saturated heterocycles. The van der Waals surface area contributed by atoms with Crippen LogP contribution in [0.2, 0.25) is 0 Å². The zero-order valence-corrected chi connectivity index (χ0v) is 12.8.